The number of aliphatic hydroxyl groups excluding tert-OH is 1. The van der Waals surface area contributed by atoms with Gasteiger partial charge in [0.2, 0.25) is 0 Å². The minimum absolute atomic E-state index is 0. The zero-order valence-electron chi connectivity index (χ0n) is 32.0. The molecule has 0 amide bonds. The molecular weight excluding hydrogens is 759 g/mol. The van der Waals surface area contributed by atoms with Crippen molar-refractivity contribution in [2.24, 2.45) is 0 Å². The number of nitrogens with zero attached hydrogens (tertiary/aromatic N) is 9. The summed E-state index contributed by atoms with van der Waals surface area (Å²) in [5, 5.41) is 32.9. The summed E-state index contributed by atoms with van der Waals surface area (Å²) in [6.07, 6.45) is 1.58. The van der Waals surface area contributed by atoms with Crippen molar-refractivity contribution in [1.29, 1.82) is 0 Å². The quantitative estimate of drug-likeness (QED) is 0.105. The van der Waals surface area contributed by atoms with Crippen molar-refractivity contribution in [3.8, 4) is 17.1 Å². The average Bonchev–Trinajstić information content (AvgIpc) is 3.93. The second-order valence-corrected chi connectivity index (χ2v) is 14.3. The summed E-state index contributed by atoms with van der Waals surface area (Å²) >= 11 is 0. The minimum atomic E-state index is -3.59. The van der Waals surface area contributed by atoms with Crippen LogP contribution in [0.3, 0.4) is 0 Å². The molecule has 0 atom stereocenters. The van der Waals surface area contributed by atoms with Crippen LogP contribution < -0.4 is 4.18 Å². The third kappa shape index (κ3) is 12.2. The first-order valence-electron chi connectivity index (χ1n) is 17.9. The predicted octanol–water partition coefficient (Wildman–Crippen LogP) is 6.08. The molecule has 0 unspecified atom stereocenters. The monoisotopic (exact) mass is 805 g/mol. The van der Waals surface area contributed by atoms with Gasteiger partial charge in [0.1, 0.15) is 5.69 Å². The van der Waals surface area contributed by atoms with Crippen molar-refractivity contribution >= 4 is 21.7 Å². The van der Waals surface area contributed by atoms with Crippen LogP contribution in [-0.2, 0) is 42.8 Å². The van der Waals surface area contributed by atoms with Crippen molar-refractivity contribution in [3.05, 3.63) is 161 Å². The van der Waals surface area contributed by atoms with E-state index in [1.165, 1.54) is 13.8 Å². The zero-order chi connectivity index (χ0) is 40.8. The molecule has 4 aromatic carbocycles. The highest BCUT2D eigenvalue weighted by Crippen LogP contribution is 2.23. The molecule has 3 aromatic heterocycles. The first-order valence-corrected chi connectivity index (χ1v) is 19.8. The van der Waals surface area contributed by atoms with Gasteiger partial charge in [0, 0.05) is 19.4 Å². The van der Waals surface area contributed by atoms with E-state index in [1.54, 1.807) is 14.0 Å². The Bertz CT molecular complexity index is 2470. The van der Waals surface area contributed by atoms with Crippen LogP contribution >= 0.6 is 0 Å². The smallest absolute Gasteiger partial charge is 0.307 e. The van der Waals surface area contributed by atoms with Crippen molar-refractivity contribution in [2.45, 2.75) is 60.9 Å². The number of carbonyl (C=O) groups excluding carboxylic acids is 2. The lowest BCUT2D eigenvalue weighted by atomic mass is 10.1. The zero-order valence-corrected chi connectivity index (χ0v) is 32.8. The van der Waals surface area contributed by atoms with Crippen LogP contribution in [0.2, 0.25) is 0 Å². The second kappa shape index (κ2) is 21.0. The van der Waals surface area contributed by atoms with E-state index in [4.69, 9.17) is 4.18 Å². The highest BCUT2D eigenvalue weighted by atomic mass is 32.2. The number of hydrogen-bond acceptors (Lipinski definition) is 12. The number of ketones is 2. The summed E-state index contributed by atoms with van der Waals surface area (Å²) in [5.41, 5.74) is 6.72. The Morgan fingerprint density at radius 1 is 0.603 bits per heavy atom. The molecule has 0 aliphatic carbocycles. The van der Waals surface area contributed by atoms with Gasteiger partial charge in [0.25, 0.3) is 5.88 Å². The molecule has 0 aliphatic rings. The molecule has 3 heterocycles. The fourth-order valence-electron chi connectivity index (χ4n) is 5.69. The van der Waals surface area contributed by atoms with E-state index in [2.05, 4.69) is 30.9 Å². The number of hydrogen-bond donors (Lipinski definition) is 1. The van der Waals surface area contributed by atoms with Crippen LogP contribution in [0.4, 0.5) is 0 Å². The molecule has 16 heteroatoms. The summed E-state index contributed by atoms with van der Waals surface area (Å²) in [6.45, 7) is 6.20. The van der Waals surface area contributed by atoms with E-state index < -0.39 is 10.1 Å². The van der Waals surface area contributed by atoms with Gasteiger partial charge in [0.05, 0.1) is 43.9 Å². The molecule has 302 valence electrons. The van der Waals surface area contributed by atoms with Crippen LogP contribution in [0.25, 0.3) is 11.3 Å². The third-order valence-corrected chi connectivity index (χ3v) is 8.79. The molecule has 0 radical (unpaired) electrons. The van der Waals surface area contributed by atoms with E-state index in [-0.39, 0.29) is 37.2 Å². The molecule has 0 aliphatic heterocycles. The van der Waals surface area contributed by atoms with E-state index >= 15 is 0 Å². The fourth-order valence-corrected chi connectivity index (χ4v) is 6.10. The molecule has 0 fully saturated rings. The summed E-state index contributed by atoms with van der Waals surface area (Å²) in [6, 6.07) is 39.2. The van der Waals surface area contributed by atoms with Crippen molar-refractivity contribution in [1.82, 2.24) is 45.0 Å². The molecule has 58 heavy (non-hydrogen) atoms. The number of aromatic nitrogens is 9. The van der Waals surface area contributed by atoms with Gasteiger partial charge in [-0.15, -0.1) is 10.2 Å². The number of Topliss-reactive ketones (excluding diaryl/α,β-unsaturated/α-hetero) is 2. The lowest BCUT2D eigenvalue weighted by molar-refractivity contribution is 0.0998. The number of benzene rings is 4. The molecule has 0 saturated heterocycles. The Morgan fingerprint density at radius 2 is 1.00 bits per heavy atom. The van der Waals surface area contributed by atoms with Crippen molar-refractivity contribution < 1.29 is 27.3 Å². The van der Waals surface area contributed by atoms with E-state index in [1.807, 2.05) is 128 Å². The largest absolute Gasteiger partial charge is 0.390 e. The molecule has 0 saturated carbocycles. The minimum Gasteiger partial charge on any atom is -0.390 e. The Morgan fingerprint density at radius 3 is 1.43 bits per heavy atom. The van der Waals surface area contributed by atoms with Gasteiger partial charge in [-0.25, -0.2) is 14.0 Å². The maximum absolute atomic E-state index is 11.8. The van der Waals surface area contributed by atoms with Crippen LogP contribution in [0.15, 0.2) is 121 Å². The SMILES string of the molecule is C.CC(=O)c1nnn(Cc2ccccc2)c1-c1ccccc1.CC(=O)c1nnn(Cc2ccccc2)c1CO.CCc1c(OS(C)(=O)=O)nnn1Cc1ccccc1. The number of aliphatic hydroxyl groups is 1. The molecule has 15 nitrogen and oxygen atoms in total. The van der Waals surface area contributed by atoms with Crippen LogP contribution in [0.5, 0.6) is 5.88 Å². The highest BCUT2D eigenvalue weighted by Gasteiger charge is 2.19. The van der Waals surface area contributed by atoms with Gasteiger partial charge in [-0.05, 0) is 23.1 Å². The Hall–Kier alpha value is -6.65. The molecule has 1 N–H and O–H groups in total. The van der Waals surface area contributed by atoms with Crippen LogP contribution in [0.1, 0.15) is 77.3 Å². The van der Waals surface area contributed by atoms with Crippen molar-refractivity contribution in [3.63, 3.8) is 0 Å². The second-order valence-electron chi connectivity index (χ2n) is 12.7. The normalized spacial score (nSPS) is 10.6. The molecule has 0 spiro atoms. The summed E-state index contributed by atoms with van der Waals surface area (Å²) < 4.78 is 32.1. The summed E-state index contributed by atoms with van der Waals surface area (Å²) in [7, 11) is -3.59. The van der Waals surface area contributed by atoms with Gasteiger partial charge in [0.15, 0.2) is 23.0 Å². The Labute approximate surface area is 338 Å². The van der Waals surface area contributed by atoms with E-state index in [9.17, 15) is 23.1 Å². The fraction of sp³-hybridized carbons (Fsp3) is 0.238. The topological polar surface area (TPSA) is 190 Å². The summed E-state index contributed by atoms with van der Waals surface area (Å²) in [5.74, 6) is -0.206. The molecular formula is C42H47N9O6S. The highest BCUT2D eigenvalue weighted by molar-refractivity contribution is 7.86. The number of rotatable bonds is 13. The first-order chi connectivity index (χ1) is 27.5. The lowest BCUT2D eigenvalue weighted by Crippen LogP contribution is -2.09. The third-order valence-electron chi connectivity index (χ3n) is 8.33. The van der Waals surface area contributed by atoms with E-state index in [0.29, 0.717) is 43.1 Å². The van der Waals surface area contributed by atoms with Gasteiger partial charge in [-0.2, -0.15) is 8.42 Å². The maximum atomic E-state index is 11.8. The van der Waals surface area contributed by atoms with Gasteiger partial charge >= 0.3 is 10.1 Å². The summed E-state index contributed by atoms with van der Waals surface area (Å²) in [4.78, 5) is 23.1. The van der Waals surface area contributed by atoms with Gasteiger partial charge in [-0.1, -0.05) is 156 Å². The van der Waals surface area contributed by atoms with Crippen molar-refractivity contribution in [2.75, 3.05) is 6.26 Å². The molecule has 7 aromatic rings. The first kappa shape index (κ1) is 44.1. The predicted molar refractivity (Wildman–Crippen MR) is 220 cm³/mol. The van der Waals surface area contributed by atoms with E-state index in [0.717, 1.165) is 34.2 Å². The Balaban J connectivity index is 0.000000192. The molecule has 7 rings (SSSR count). The maximum Gasteiger partial charge on any atom is 0.307 e. The van der Waals surface area contributed by atoms with Gasteiger partial charge in [-0.3, -0.25) is 9.59 Å². The average molecular weight is 806 g/mol. The lowest BCUT2D eigenvalue weighted by Gasteiger charge is -2.07. The van der Waals surface area contributed by atoms with Crippen LogP contribution in [-0.4, -0.2) is 76.3 Å². The Kier molecular flexibility index (Phi) is 16.0. The van der Waals surface area contributed by atoms with Crippen LogP contribution in [0, 0.1) is 0 Å². The molecule has 0 bridgehead atoms. The van der Waals surface area contributed by atoms with Gasteiger partial charge < -0.3 is 9.29 Å². The number of carbonyl (C=O) groups is 2. The standard InChI is InChI=1S/C17H15N3O.C12H15N3O3S.C12H13N3O2.CH4/c1-13(21)16-17(15-10-6-3-7-11-15)20(19-18-16)12-14-8-4-2-5-9-14;1-3-11-12(18-19(2,16)17)13-14-15(11)9-10-7-5-4-6-8-10;1-9(17)12-11(8-16)15(14-13-12)7-10-5-3-2-4-6-10;/h2-11H,12H2,1H3;4-8H,3,9H2,1-2H3;2-6,16H,7-8H2,1H3;1H4.